The summed E-state index contributed by atoms with van der Waals surface area (Å²) in [6, 6.07) is 12.6. The lowest BCUT2D eigenvalue weighted by Crippen LogP contribution is -2.30. The maximum Gasteiger partial charge on any atom is 0.329 e. The van der Waals surface area contributed by atoms with Crippen molar-refractivity contribution in [2.24, 2.45) is 12.1 Å². The first-order chi connectivity index (χ1) is 17.8. The molecule has 1 atom stereocenters. The molecule has 14 heteroatoms. The number of anilines is 1. The molecule has 4 aromatic rings. The summed E-state index contributed by atoms with van der Waals surface area (Å²) in [6.45, 7) is -0.228. The number of ether oxygens (including phenoxy) is 2. The highest BCUT2D eigenvalue weighted by Gasteiger charge is 2.20. The van der Waals surface area contributed by atoms with E-state index in [0.717, 1.165) is 4.57 Å². The number of nitrogens with zero attached hydrogens (tertiary/aromatic N) is 5. The number of hydrogen-bond donors (Lipinski definition) is 3. The van der Waals surface area contributed by atoms with Crippen molar-refractivity contribution in [3.05, 3.63) is 85.0 Å². The van der Waals surface area contributed by atoms with Crippen molar-refractivity contribution in [1.29, 1.82) is 0 Å². The molecule has 0 aliphatic rings. The molecule has 4 rings (SSSR count). The van der Waals surface area contributed by atoms with Gasteiger partial charge in [-0.1, -0.05) is 12.1 Å². The minimum absolute atomic E-state index is 0.0404. The number of aliphatic hydroxyl groups is 1. The van der Waals surface area contributed by atoms with Crippen LogP contribution in [0.25, 0.3) is 11.2 Å². The molecule has 1 unspecified atom stereocenters. The molecule has 192 valence electrons. The lowest BCUT2D eigenvalue weighted by Gasteiger charge is -2.15. The van der Waals surface area contributed by atoms with E-state index in [-0.39, 0.29) is 36.0 Å². The number of fused-ring (bicyclic) bond motifs is 1. The van der Waals surface area contributed by atoms with Gasteiger partial charge in [0.1, 0.15) is 24.2 Å². The maximum atomic E-state index is 12.6. The normalized spacial score (nSPS) is 12.1. The number of aromatic nitrogens is 4. The first-order valence-corrected chi connectivity index (χ1v) is 10.9. The van der Waals surface area contributed by atoms with Crippen LogP contribution in [0.15, 0.2) is 63.2 Å². The second kappa shape index (κ2) is 10.7. The summed E-state index contributed by atoms with van der Waals surface area (Å²) < 4.78 is 13.3. The van der Waals surface area contributed by atoms with Gasteiger partial charge in [-0.2, -0.15) is 10.1 Å². The summed E-state index contributed by atoms with van der Waals surface area (Å²) in [5, 5.41) is 25.7. The van der Waals surface area contributed by atoms with Gasteiger partial charge in [-0.25, -0.2) is 10.2 Å². The fourth-order valence-electron chi connectivity index (χ4n) is 3.51. The molecule has 2 aromatic carbocycles. The molecular formula is C23H23N7O7. The first-order valence-electron chi connectivity index (χ1n) is 10.9. The van der Waals surface area contributed by atoms with Crippen LogP contribution < -0.4 is 26.1 Å². The van der Waals surface area contributed by atoms with E-state index >= 15 is 0 Å². The Morgan fingerprint density at radius 1 is 1.24 bits per heavy atom. The Morgan fingerprint density at radius 3 is 2.68 bits per heavy atom. The zero-order valence-electron chi connectivity index (χ0n) is 19.8. The van der Waals surface area contributed by atoms with E-state index < -0.39 is 22.3 Å². The Labute approximate surface area is 208 Å². The Hall–Kier alpha value is -4.98. The SMILES string of the molecule is COc1ccc(OCC(O)Cn2c(NN=Cc3cccc([N+](=O)[O-])c3)nc3c2c(=O)[nH]c(=O)n3C)cc1. The number of H-pyrrole nitrogens is 1. The number of benzene rings is 2. The maximum absolute atomic E-state index is 12.6. The standard InChI is InChI=1S/C23H23N7O7/c1-28-20-19(21(32)26-23(28)33)29(12-16(31)13-37-18-8-6-17(36-2)7-9-18)22(25-20)27-24-11-14-4-3-5-15(10-14)30(34)35/h3-11,16,31H,12-13H2,1-2H3,(H,25,27)(H,26,32,33). The van der Waals surface area contributed by atoms with Gasteiger partial charge in [-0.3, -0.25) is 24.5 Å². The van der Waals surface area contributed by atoms with E-state index in [1.807, 2.05) is 0 Å². The van der Waals surface area contributed by atoms with E-state index in [0.29, 0.717) is 17.1 Å². The Bertz CT molecular complexity index is 1570. The monoisotopic (exact) mass is 509 g/mol. The predicted molar refractivity (Wildman–Crippen MR) is 134 cm³/mol. The molecule has 0 saturated heterocycles. The van der Waals surface area contributed by atoms with E-state index in [9.17, 15) is 24.8 Å². The van der Waals surface area contributed by atoms with Gasteiger partial charge in [0.15, 0.2) is 11.2 Å². The van der Waals surface area contributed by atoms with Crippen LogP contribution in [0, 0.1) is 10.1 Å². The second-order valence-corrected chi connectivity index (χ2v) is 7.90. The van der Waals surface area contributed by atoms with Gasteiger partial charge in [-0.15, -0.1) is 0 Å². The highest BCUT2D eigenvalue weighted by Crippen LogP contribution is 2.19. The highest BCUT2D eigenvalue weighted by molar-refractivity contribution is 5.81. The molecule has 3 N–H and O–H groups in total. The van der Waals surface area contributed by atoms with Crippen LogP contribution in [0.1, 0.15) is 5.56 Å². The van der Waals surface area contributed by atoms with Crippen molar-refractivity contribution >= 4 is 29.0 Å². The van der Waals surface area contributed by atoms with Crippen LogP contribution in [-0.4, -0.2) is 55.2 Å². The zero-order chi connectivity index (χ0) is 26.5. The lowest BCUT2D eigenvalue weighted by molar-refractivity contribution is -0.384. The summed E-state index contributed by atoms with van der Waals surface area (Å²) in [6.07, 6.45) is 0.265. The Kier molecular flexibility index (Phi) is 7.29. The van der Waals surface area contributed by atoms with Crippen LogP contribution in [0.5, 0.6) is 11.5 Å². The van der Waals surface area contributed by atoms with E-state index in [1.54, 1.807) is 37.4 Å². The molecule has 0 fully saturated rings. The van der Waals surface area contributed by atoms with Crippen molar-refractivity contribution in [3.63, 3.8) is 0 Å². The molecule has 14 nitrogen and oxygen atoms in total. The van der Waals surface area contributed by atoms with Gasteiger partial charge in [0.05, 0.1) is 24.8 Å². The van der Waals surface area contributed by atoms with Crippen molar-refractivity contribution in [2.75, 3.05) is 19.1 Å². The van der Waals surface area contributed by atoms with Crippen LogP contribution in [0.2, 0.25) is 0 Å². The van der Waals surface area contributed by atoms with Crippen LogP contribution in [-0.2, 0) is 13.6 Å². The summed E-state index contributed by atoms with van der Waals surface area (Å²) in [5.74, 6) is 1.23. The zero-order valence-corrected chi connectivity index (χ0v) is 19.8. The number of aromatic amines is 1. The van der Waals surface area contributed by atoms with Gasteiger partial charge in [0, 0.05) is 24.7 Å². The van der Waals surface area contributed by atoms with Crippen molar-refractivity contribution < 1.29 is 19.5 Å². The smallest absolute Gasteiger partial charge is 0.329 e. The average molecular weight is 509 g/mol. The first kappa shape index (κ1) is 25.1. The molecule has 0 spiro atoms. The van der Waals surface area contributed by atoms with Gasteiger partial charge in [0.25, 0.3) is 11.2 Å². The van der Waals surface area contributed by atoms with Gasteiger partial charge in [0.2, 0.25) is 5.95 Å². The third-order valence-electron chi connectivity index (χ3n) is 5.36. The minimum atomic E-state index is -1.07. The summed E-state index contributed by atoms with van der Waals surface area (Å²) in [4.78, 5) is 41.7. The summed E-state index contributed by atoms with van der Waals surface area (Å²) in [5.41, 5.74) is 1.80. The average Bonchev–Trinajstić information content (AvgIpc) is 3.25. The number of methoxy groups -OCH3 is 1. The largest absolute Gasteiger partial charge is 0.497 e. The molecule has 2 aromatic heterocycles. The number of aliphatic hydroxyl groups excluding tert-OH is 1. The molecule has 37 heavy (non-hydrogen) atoms. The predicted octanol–water partition coefficient (Wildman–Crippen LogP) is 1.23. The Morgan fingerprint density at radius 2 is 1.97 bits per heavy atom. The molecule has 0 aliphatic heterocycles. The topological polar surface area (TPSA) is 179 Å². The number of hydrazone groups is 1. The van der Waals surface area contributed by atoms with Crippen molar-refractivity contribution in [3.8, 4) is 11.5 Å². The summed E-state index contributed by atoms with van der Waals surface area (Å²) in [7, 11) is 2.99. The minimum Gasteiger partial charge on any atom is -0.497 e. The fraction of sp³-hybridized carbons (Fsp3) is 0.217. The molecule has 0 radical (unpaired) electrons. The molecule has 0 bridgehead atoms. The molecule has 0 aliphatic carbocycles. The third-order valence-corrected chi connectivity index (χ3v) is 5.36. The van der Waals surface area contributed by atoms with Crippen LogP contribution >= 0.6 is 0 Å². The van der Waals surface area contributed by atoms with Crippen LogP contribution in [0.3, 0.4) is 0 Å². The van der Waals surface area contributed by atoms with Gasteiger partial charge in [-0.05, 0) is 24.3 Å². The lowest BCUT2D eigenvalue weighted by atomic mass is 10.2. The van der Waals surface area contributed by atoms with Gasteiger partial charge < -0.3 is 19.1 Å². The number of nitro groups is 1. The number of imidazole rings is 1. The number of non-ortho nitro benzene ring substituents is 1. The van der Waals surface area contributed by atoms with E-state index in [1.165, 1.54) is 36.0 Å². The van der Waals surface area contributed by atoms with E-state index in [4.69, 9.17) is 9.47 Å². The summed E-state index contributed by atoms with van der Waals surface area (Å²) >= 11 is 0. The van der Waals surface area contributed by atoms with Gasteiger partial charge >= 0.3 is 5.69 Å². The van der Waals surface area contributed by atoms with Crippen LogP contribution in [0.4, 0.5) is 11.6 Å². The number of hydrogen-bond acceptors (Lipinski definition) is 10. The number of aryl methyl sites for hydroxylation is 1. The van der Waals surface area contributed by atoms with Crippen molar-refractivity contribution in [1.82, 2.24) is 19.1 Å². The number of rotatable bonds is 10. The molecule has 0 amide bonds. The number of nitrogens with one attached hydrogen (secondary N) is 2. The quantitative estimate of drug-likeness (QED) is 0.161. The number of nitro benzene ring substituents is 1. The van der Waals surface area contributed by atoms with E-state index in [2.05, 4.69) is 20.5 Å². The molecule has 0 saturated carbocycles. The second-order valence-electron chi connectivity index (χ2n) is 7.90. The molecule has 2 heterocycles. The third kappa shape index (κ3) is 5.65. The highest BCUT2D eigenvalue weighted by atomic mass is 16.6. The fourth-order valence-corrected chi connectivity index (χ4v) is 3.51. The van der Waals surface area contributed by atoms with Crippen molar-refractivity contribution in [2.45, 2.75) is 12.6 Å². The molecular weight excluding hydrogens is 486 g/mol. The Balaban J connectivity index is 1.59.